The minimum Gasteiger partial charge on any atom is -0.394 e. The molecule has 0 aliphatic heterocycles. The highest BCUT2D eigenvalue weighted by Crippen LogP contribution is 2.29. The largest absolute Gasteiger partial charge is 0.394 e. The second kappa shape index (κ2) is 6.70. The molecule has 0 aliphatic rings. The SMILES string of the molecule is CCNc1ncnc(NC(CC)CO)c1[N+](=O)[O-]. The molecule has 0 aliphatic carbocycles. The van der Waals surface area contributed by atoms with Crippen molar-refractivity contribution >= 4 is 17.3 Å². The third kappa shape index (κ3) is 3.27. The number of nitro groups is 1. The molecule has 0 saturated carbocycles. The summed E-state index contributed by atoms with van der Waals surface area (Å²) in [5, 5.41) is 25.8. The van der Waals surface area contributed by atoms with Gasteiger partial charge in [0.25, 0.3) is 0 Å². The van der Waals surface area contributed by atoms with Crippen molar-refractivity contribution in [3.8, 4) is 0 Å². The minimum absolute atomic E-state index is 0.117. The number of hydrogen-bond donors (Lipinski definition) is 3. The van der Waals surface area contributed by atoms with Gasteiger partial charge in [-0.2, -0.15) is 0 Å². The smallest absolute Gasteiger partial charge is 0.353 e. The van der Waals surface area contributed by atoms with Gasteiger partial charge in [0, 0.05) is 6.54 Å². The van der Waals surface area contributed by atoms with Crippen LogP contribution in [0.5, 0.6) is 0 Å². The molecule has 0 fully saturated rings. The first kappa shape index (κ1) is 14.1. The van der Waals surface area contributed by atoms with Crippen LogP contribution in [0.15, 0.2) is 6.33 Å². The molecule has 0 saturated heterocycles. The van der Waals surface area contributed by atoms with E-state index in [9.17, 15) is 10.1 Å². The highest BCUT2D eigenvalue weighted by Gasteiger charge is 2.23. The molecule has 8 nitrogen and oxygen atoms in total. The standard InChI is InChI=1S/C10H17N5O3/c1-3-7(5-16)14-10-8(15(17)18)9(11-4-2)12-6-13-10/h6-7,16H,3-5H2,1-2H3,(H2,11,12,13,14). The summed E-state index contributed by atoms with van der Waals surface area (Å²) in [7, 11) is 0. The summed E-state index contributed by atoms with van der Waals surface area (Å²) in [4.78, 5) is 18.2. The Kier molecular flexibility index (Phi) is 5.25. The molecule has 0 radical (unpaired) electrons. The average molecular weight is 255 g/mol. The molecule has 1 heterocycles. The maximum atomic E-state index is 11.1. The molecular formula is C10H17N5O3. The maximum absolute atomic E-state index is 11.1. The molecular weight excluding hydrogens is 238 g/mol. The van der Waals surface area contributed by atoms with Crippen LogP contribution in [0.3, 0.4) is 0 Å². The van der Waals surface area contributed by atoms with Crippen LogP contribution in [0.2, 0.25) is 0 Å². The third-order valence-electron chi connectivity index (χ3n) is 2.40. The fourth-order valence-electron chi connectivity index (χ4n) is 1.42. The Morgan fingerprint density at radius 1 is 1.44 bits per heavy atom. The Labute approximate surface area is 105 Å². The van der Waals surface area contributed by atoms with Crippen molar-refractivity contribution in [3.63, 3.8) is 0 Å². The fourth-order valence-corrected chi connectivity index (χ4v) is 1.42. The lowest BCUT2D eigenvalue weighted by Crippen LogP contribution is -2.24. The van der Waals surface area contributed by atoms with Crippen LogP contribution >= 0.6 is 0 Å². The normalized spacial score (nSPS) is 11.9. The summed E-state index contributed by atoms with van der Waals surface area (Å²) in [6.07, 6.45) is 1.88. The van der Waals surface area contributed by atoms with Gasteiger partial charge in [-0.15, -0.1) is 0 Å². The van der Waals surface area contributed by atoms with Crippen molar-refractivity contribution in [2.24, 2.45) is 0 Å². The minimum atomic E-state index is -0.537. The van der Waals surface area contributed by atoms with E-state index in [1.165, 1.54) is 6.33 Å². The number of rotatable bonds is 7. The van der Waals surface area contributed by atoms with Gasteiger partial charge >= 0.3 is 5.69 Å². The molecule has 100 valence electrons. The number of nitrogens with one attached hydrogen (secondary N) is 2. The van der Waals surface area contributed by atoms with E-state index in [0.717, 1.165) is 0 Å². The van der Waals surface area contributed by atoms with E-state index in [4.69, 9.17) is 5.11 Å². The van der Waals surface area contributed by atoms with Crippen LogP contribution in [0.4, 0.5) is 17.3 Å². The van der Waals surface area contributed by atoms with Crippen LogP contribution in [0.25, 0.3) is 0 Å². The van der Waals surface area contributed by atoms with Gasteiger partial charge in [-0.3, -0.25) is 10.1 Å². The molecule has 1 rings (SSSR count). The van der Waals surface area contributed by atoms with E-state index < -0.39 is 4.92 Å². The van der Waals surface area contributed by atoms with Gasteiger partial charge in [0.15, 0.2) is 0 Å². The Balaban J connectivity index is 3.09. The number of hydrogen-bond acceptors (Lipinski definition) is 7. The molecule has 0 amide bonds. The van der Waals surface area contributed by atoms with Gasteiger partial charge < -0.3 is 15.7 Å². The van der Waals surface area contributed by atoms with E-state index in [0.29, 0.717) is 13.0 Å². The zero-order chi connectivity index (χ0) is 13.5. The summed E-state index contributed by atoms with van der Waals surface area (Å²) in [6.45, 7) is 4.09. The van der Waals surface area contributed by atoms with Crippen LogP contribution in [0.1, 0.15) is 20.3 Å². The lowest BCUT2D eigenvalue weighted by Gasteiger charge is -2.15. The van der Waals surface area contributed by atoms with E-state index in [1.54, 1.807) is 0 Å². The number of aliphatic hydroxyl groups excluding tert-OH is 1. The van der Waals surface area contributed by atoms with Crippen molar-refractivity contribution in [2.75, 3.05) is 23.8 Å². The number of aromatic nitrogens is 2. The summed E-state index contributed by atoms with van der Waals surface area (Å²) < 4.78 is 0. The van der Waals surface area contributed by atoms with E-state index in [-0.39, 0.29) is 30.0 Å². The average Bonchev–Trinajstić information content (AvgIpc) is 2.36. The molecule has 0 spiro atoms. The predicted octanol–water partition coefficient (Wildman–Crippen LogP) is 0.999. The van der Waals surface area contributed by atoms with Gasteiger partial charge in [0.1, 0.15) is 6.33 Å². The second-order valence-corrected chi connectivity index (χ2v) is 3.64. The lowest BCUT2D eigenvalue weighted by molar-refractivity contribution is -0.383. The molecule has 18 heavy (non-hydrogen) atoms. The van der Waals surface area contributed by atoms with Crippen LogP contribution < -0.4 is 10.6 Å². The summed E-state index contributed by atoms with van der Waals surface area (Å²) in [5.74, 6) is 0.291. The molecule has 3 N–H and O–H groups in total. The second-order valence-electron chi connectivity index (χ2n) is 3.64. The van der Waals surface area contributed by atoms with Gasteiger partial charge in [-0.05, 0) is 13.3 Å². The third-order valence-corrected chi connectivity index (χ3v) is 2.40. The van der Waals surface area contributed by atoms with Crippen LogP contribution in [-0.4, -0.2) is 39.2 Å². The Morgan fingerprint density at radius 2 is 2.11 bits per heavy atom. The Hall–Kier alpha value is -1.96. The lowest BCUT2D eigenvalue weighted by atomic mass is 10.2. The maximum Gasteiger partial charge on any atom is 0.353 e. The monoisotopic (exact) mass is 255 g/mol. The van der Waals surface area contributed by atoms with Crippen molar-refractivity contribution in [1.29, 1.82) is 0 Å². The first-order valence-electron chi connectivity index (χ1n) is 5.74. The molecule has 1 atom stereocenters. The van der Waals surface area contributed by atoms with Crippen LogP contribution in [-0.2, 0) is 0 Å². The highest BCUT2D eigenvalue weighted by molar-refractivity contribution is 5.69. The zero-order valence-corrected chi connectivity index (χ0v) is 10.4. The van der Waals surface area contributed by atoms with Crippen molar-refractivity contribution < 1.29 is 10.0 Å². The first-order chi connectivity index (χ1) is 8.63. The van der Waals surface area contributed by atoms with Crippen molar-refractivity contribution in [1.82, 2.24) is 9.97 Å². The molecule has 1 unspecified atom stereocenters. The summed E-state index contributed by atoms with van der Waals surface area (Å²) in [5.41, 5.74) is -0.203. The van der Waals surface area contributed by atoms with Crippen molar-refractivity contribution in [2.45, 2.75) is 26.3 Å². The predicted molar refractivity (Wildman–Crippen MR) is 67.6 cm³/mol. The Bertz CT molecular complexity index is 408. The van der Waals surface area contributed by atoms with Gasteiger partial charge in [0.2, 0.25) is 11.6 Å². The summed E-state index contributed by atoms with van der Waals surface area (Å²) >= 11 is 0. The van der Waals surface area contributed by atoms with E-state index >= 15 is 0 Å². The molecule has 0 aromatic carbocycles. The quantitative estimate of drug-likeness (QED) is 0.492. The Morgan fingerprint density at radius 3 is 2.61 bits per heavy atom. The number of aliphatic hydroxyl groups is 1. The van der Waals surface area contributed by atoms with Gasteiger partial charge in [-0.25, -0.2) is 9.97 Å². The molecule has 1 aromatic heterocycles. The summed E-state index contributed by atoms with van der Waals surface area (Å²) in [6, 6.07) is -0.270. The van der Waals surface area contributed by atoms with Gasteiger partial charge in [0.05, 0.1) is 17.6 Å². The van der Waals surface area contributed by atoms with E-state index in [1.807, 2.05) is 13.8 Å². The highest BCUT2D eigenvalue weighted by atomic mass is 16.6. The molecule has 8 heteroatoms. The number of anilines is 2. The van der Waals surface area contributed by atoms with Crippen LogP contribution in [0, 0.1) is 10.1 Å². The van der Waals surface area contributed by atoms with Gasteiger partial charge in [-0.1, -0.05) is 6.92 Å². The topological polar surface area (TPSA) is 113 Å². The van der Waals surface area contributed by atoms with E-state index in [2.05, 4.69) is 20.6 Å². The molecule has 0 bridgehead atoms. The number of nitrogens with zero attached hydrogens (tertiary/aromatic N) is 3. The fraction of sp³-hybridized carbons (Fsp3) is 0.600. The zero-order valence-electron chi connectivity index (χ0n) is 10.4. The van der Waals surface area contributed by atoms with Crippen molar-refractivity contribution in [3.05, 3.63) is 16.4 Å². The first-order valence-corrected chi connectivity index (χ1v) is 5.74. The molecule has 1 aromatic rings.